The maximum atomic E-state index is 5.35. The predicted molar refractivity (Wildman–Crippen MR) is 70.7 cm³/mol. The van der Waals surface area contributed by atoms with Gasteiger partial charge in [-0.2, -0.15) is 0 Å². The van der Waals surface area contributed by atoms with E-state index in [0.717, 1.165) is 18.8 Å². The molecule has 0 aliphatic carbocycles. The van der Waals surface area contributed by atoms with E-state index < -0.39 is 0 Å². The minimum atomic E-state index is 0.527. The molecule has 94 valence electrons. The molecule has 0 spiro atoms. The molecular weight excluding hydrogens is 214 g/mol. The highest BCUT2D eigenvalue weighted by molar-refractivity contribution is 5.51. The molecule has 1 aromatic heterocycles. The standard InChI is InChI=1S/C12H21N5/c1-9-8-17(2)6-4-11(9)15-10-3-5-14-12(7-10)16-13/h3,5,7,9,11H,4,6,8,13H2,1-2H3,(H2,14,15,16). The van der Waals surface area contributed by atoms with E-state index in [1.54, 1.807) is 6.20 Å². The van der Waals surface area contributed by atoms with Gasteiger partial charge in [-0.15, -0.1) is 0 Å². The molecule has 1 fully saturated rings. The van der Waals surface area contributed by atoms with Gasteiger partial charge in [-0.1, -0.05) is 6.92 Å². The Bertz CT molecular complexity index is 368. The molecule has 1 saturated heterocycles. The molecule has 0 bridgehead atoms. The van der Waals surface area contributed by atoms with E-state index in [1.807, 2.05) is 12.1 Å². The lowest BCUT2D eigenvalue weighted by atomic mass is 9.94. The number of nitrogens with two attached hydrogens (primary N) is 1. The Hall–Kier alpha value is -1.33. The lowest BCUT2D eigenvalue weighted by Gasteiger charge is -2.35. The molecule has 4 N–H and O–H groups in total. The van der Waals surface area contributed by atoms with E-state index in [2.05, 4.69) is 34.6 Å². The first-order chi connectivity index (χ1) is 8.19. The lowest BCUT2D eigenvalue weighted by molar-refractivity contribution is 0.206. The number of piperidine rings is 1. The number of nitrogens with one attached hydrogen (secondary N) is 2. The second-order valence-corrected chi connectivity index (χ2v) is 4.85. The van der Waals surface area contributed by atoms with Crippen molar-refractivity contribution in [1.82, 2.24) is 9.88 Å². The highest BCUT2D eigenvalue weighted by Crippen LogP contribution is 2.21. The number of rotatable bonds is 3. The zero-order chi connectivity index (χ0) is 12.3. The zero-order valence-corrected chi connectivity index (χ0v) is 10.5. The molecule has 17 heavy (non-hydrogen) atoms. The maximum absolute atomic E-state index is 5.35. The van der Waals surface area contributed by atoms with Crippen molar-refractivity contribution in [1.29, 1.82) is 0 Å². The second kappa shape index (κ2) is 5.33. The van der Waals surface area contributed by atoms with E-state index in [1.165, 1.54) is 6.42 Å². The van der Waals surface area contributed by atoms with Gasteiger partial charge < -0.3 is 15.6 Å². The van der Waals surface area contributed by atoms with Crippen molar-refractivity contribution < 1.29 is 0 Å². The van der Waals surface area contributed by atoms with E-state index >= 15 is 0 Å². The zero-order valence-electron chi connectivity index (χ0n) is 10.5. The number of likely N-dealkylation sites (tertiary alicyclic amines) is 1. The van der Waals surface area contributed by atoms with Crippen LogP contribution in [0.1, 0.15) is 13.3 Å². The van der Waals surface area contributed by atoms with Crippen LogP contribution in [0.3, 0.4) is 0 Å². The van der Waals surface area contributed by atoms with Crippen LogP contribution in [0.25, 0.3) is 0 Å². The summed E-state index contributed by atoms with van der Waals surface area (Å²) in [6, 6.07) is 4.44. The van der Waals surface area contributed by atoms with Crippen molar-refractivity contribution in [3.05, 3.63) is 18.3 Å². The Balaban J connectivity index is 2.00. The van der Waals surface area contributed by atoms with Crippen LogP contribution in [0.5, 0.6) is 0 Å². The van der Waals surface area contributed by atoms with Gasteiger partial charge in [0.1, 0.15) is 5.82 Å². The van der Waals surface area contributed by atoms with Crippen LogP contribution in [-0.4, -0.2) is 36.1 Å². The highest BCUT2D eigenvalue weighted by Gasteiger charge is 2.23. The summed E-state index contributed by atoms with van der Waals surface area (Å²) in [5, 5.41) is 3.56. The topological polar surface area (TPSA) is 66.2 Å². The number of pyridine rings is 1. The Morgan fingerprint density at radius 2 is 2.35 bits per heavy atom. The van der Waals surface area contributed by atoms with E-state index in [4.69, 9.17) is 5.84 Å². The molecule has 1 aliphatic rings. The molecule has 0 radical (unpaired) electrons. The molecule has 5 heteroatoms. The summed E-state index contributed by atoms with van der Waals surface area (Å²) in [4.78, 5) is 6.47. The Kier molecular flexibility index (Phi) is 3.81. The van der Waals surface area contributed by atoms with Crippen molar-refractivity contribution in [2.24, 2.45) is 11.8 Å². The summed E-state index contributed by atoms with van der Waals surface area (Å²) >= 11 is 0. The fourth-order valence-corrected chi connectivity index (χ4v) is 2.38. The number of nitrogens with zero attached hydrogens (tertiary/aromatic N) is 2. The minimum absolute atomic E-state index is 0.527. The van der Waals surface area contributed by atoms with Gasteiger partial charge in [0.15, 0.2) is 0 Å². The average Bonchev–Trinajstić information content (AvgIpc) is 2.33. The number of nitrogen functional groups attached to an aromatic ring is 1. The SMILES string of the molecule is CC1CN(C)CCC1Nc1ccnc(NN)c1. The van der Waals surface area contributed by atoms with Gasteiger partial charge in [-0.25, -0.2) is 10.8 Å². The van der Waals surface area contributed by atoms with Crippen molar-refractivity contribution >= 4 is 11.5 Å². The molecule has 1 aliphatic heterocycles. The minimum Gasteiger partial charge on any atom is -0.382 e. The summed E-state index contributed by atoms with van der Waals surface area (Å²) in [6.45, 7) is 4.58. The van der Waals surface area contributed by atoms with Gasteiger partial charge in [0.05, 0.1) is 0 Å². The average molecular weight is 235 g/mol. The fraction of sp³-hybridized carbons (Fsp3) is 0.583. The quantitative estimate of drug-likeness (QED) is 0.541. The van der Waals surface area contributed by atoms with Gasteiger partial charge in [0.25, 0.3) is 0 Å². The largest absolute Gasteiger partial charge is 0.382 e. The summed E-state index contributed by atoms with van der Waals surface area (Å²) in [7, 11) is 2.18. The van der Waals surface area contributed by atoms with Crippen molar-refractivity contribution in [3.63, 3.8) is 0 Å². The Morgan fingerprint density at radius 3 is 3.06 bits per heavy atom. The van der Waals surface area contributed by atoms with E-state index in [0.29, 0.717) is 17.8 Å². The fourth-order valence-electron chi connectivity index (χ4n) is 2.38. The lowest BCUT2D eigenvalue weighted by Crippen LogP contribution is -2.43. The van der Waals surface area contributed by atoms with Gasteiger partial charge in [0, 0.05) is 30.5 Å². The monoisotopic (exact) mass is 235 g/mol. The molecule has 5 nitrogen and oxygen atoms in total. The molecule has 0 aromatic carbocycles. The third-order valence-electron chi connectivity index (χ3n) is 3.37. The van der Waals surface area contributed by atoms with E-state index in [9.17, 15) is 0 Å². The van der Waals surface area contributed by atoms with Gasteiger partial charge in [-0.05, 0) is 32.0 Å². The first-order valence-corrected chi connectivity index (χ1v) is 6.07. The van der Waals surface area contributed by atoms with Crippen molar-refractivity contribution in [2.45, 2.75) is 19.4 Å². The molecule has 2 rings (SSSR count). The number of hydrazine groups is 1. The predicted octanol–water partition coefficient (Wildman–Crippen LogP) is 1.12. The summed E-state index contributed by atoms with van der Waals surface area (Å²) < 4.78 is 0. The molecule has 2 atom stereocenters. The van der Waals surface area contributed by atoms with Crippen molar-refractivity contribution in [2.75, 3.05) is 30.9 Å². The number of anilines is 2. The van der Waals surface area contributed by atoms with Crippen LogP contribution in [0, 0.1) is 5.92 Å². The van der Waals surface area contributed by atoms with E-state index in [-0.39, 0.29) is 0 Å². The Labute approximate surface area is 102 Å². The van der Waals surface area contributed by atoms with Crippen LogP contribution in [-0.2, 0) is 0 Å². The van der Waals surface area contributed by atoms with Gasteiger partial charge in [0.2, 0.25) is 0 Å². The molecular formula is C12H21N5. The normalized spacial score (nSPS) is 25.6. The van der Waals surface area contributed by atoms with Crippen molar-refractivity contribution in [3.8, 4) is 0 Å². The highest BCUT2D eigenvalue weighted by atomic mass is 15.2. The summed E-state index contributed by atoms with van der Waals surface area (Å²) in [5.74, 6) is 6.69. The molecule has 1 aromatic rings. The van der Waals surface area contributed by atoms with Crippen LogP contribution in [0.15, 0.2) is 18.3 Å². The van der Waals surface area contributed by atoms with Crippen LogP contribution < -0.4 is 16.6 Å². The third-order valence-corrected chi connectivity index (χ3v) is 3.37. The van der Waals surface area contributed by atoms with Gasteiger partial charge in [-0.3, -0.25) is 0 Å². The molecule has 2 unspecified atom stereocenters. The Morgan fingerprint density at radius 1 is 1.53 bits per heavy atom. The first kappa shape index (κ1) is 12.1. The van der Waals surface area contributed by atoms with Crippen LogP contribution >= 0.6 is 0 Å². The number of hydrogen-bond donors (Lipinski definition) is 3. The number of hydrogen-bond acceptors (Lipinski definition) is 5. The summed E-state index contributed by atoms with van der Waals surface area (Å²) in [5.41, 5.74) is 3.64. The molecule has 0 saturated carbocycles. The first-order valence-electron chi connectivity index (χ1n) is 6.07. The molecule has 0 amide bonds. The number of aromatic nitrogens is 1. The van der Waals surface area contributed by atoms with Crippen LogP contribution in [0.4, 0.5) is 11.5 Å². The third kappa shape index (κ3) is 3.08. The second-order valence-electron chi connectivity index (χ2n) is 4.85. The van der Waals surface area contributed by atoms with Crippen LogP contribution in [0.2, 0.25) is 0 Å². The maximum Gasteiger partial charge on any atom is 0.141 e. The summed E-state index contributed by atoms with van der Waals surface area (Å²) in [6.07, 6.45) is 2.93. The smallest absolute Gasteiger partial charge is 0.141 e. The van der Waals surface area contributed by atoms with Gasteiger partial charge >= 0.3 is 0 Å². The molecule has 2 heterocycles.